The molecule has 4 heteroatoms. The van der Waals surface area contributed by atoms with Gasteiger partial charge in [0.1, 0.15) is 0 Å². The number of rotatable bonds is 3. The number of aromatic nitrogens is 2. The molecule has 1 aliphatic carbocycles. The Morgan fingerprint density at radius 2 is 1.24 bits per heavy atom. The van der Waals surface area contributed by atoms with Crippen molar-refractivity contribution in [1.82, 2.24) is 9.97 Å². The summed E-state index contributed by atoms with van der Waals surface area (Å²) in [5.41, 5.74) is 9.44. The Morgan fingerprint density at radius 3 is 1.82 bits per heavy atom. The van der Waals surface area contributed by atoms with Crippen molar-refractivity contribution in [2.24, 2.45) is 0 Å². The van der Waals surface area contributed by atoms with E-state index in [9.17, 15) is 0 Å². The predicted octanol–water partition coefficient (Wildman–Crippen LogP) is 7.95. The van der Waals surface area contributed by atoms with Crippen LogP contribution in [-0.2, 0) is 25.5 Å². The van der Waals surface area contributed by atoms with E-state index in [0.29, 0.717) is 0 Å². The third kappa shape index (κ3) is 5.63. The summed E-state index contributed by atoms with van der Waals surface area (Å²) >= 11 is 0. The van der Waals surface area contributed by atoms with Gasteiger partial charge in [0, 0.05) is 43.5 Å². The Bertz CT molecular complexity index is 1510. The van der Waals surface area contributed by atoms with E-state index in [1.165, 1.54) is 27.4 Å². The van der Waals surface area contributed by atoms with E-state index in [0.717, 1.165) is 22.5 Å². The second-order valence-corrected chi connectivity index (χ2v) is 16.1. The van der Waals surface area contributed by atoms with Crippen molar-refractivity contribution in [2.75, 3.05) is 0 Å². The molecular formula is C34H32IrN2Si-2. The number of pyridine rings is 2. The monoisotopic (exact) mass is 689 g/mol. The summed E-state index contributed by atoms with van der Waals surface area (Å²) in [6.07, 6.45) is 4.03. The van der Waals surface area contributed by atoms with Gasteiger partial charge in [-0.2, -0.15) is 0 Å². The van der Waals surface area contributed by atoms with E-state index in [1.54, 1.807) is 0 Å². The maximum Gasteiger partial charge on any atom is 0.0795 e. The van der Waals surface area contributed by atoms with Gasteiger partial charge in [-0.3, -0.25) is 0 Å². The van der Waals surface area contributed by atoms with Gasteiger partial charge in [-0.1, -0.05) is 76.0 Å². The molecule has 1 radical (unpaired) electrons. The first-order chi connectivity index (χ1) is 17.7. The molecule has 3 aromatic carbocycles. The van der Waals surface area contributed by atoms with Crippen molar-refractivity contribution in [1.29, 1.82) is 0 Å². The molecule has 1 aliphatic rings. The van der Waals surface area contributed by atoms with E-state index in [1.807, 2.05) is 54.9 Å². The standard InChI is InChI=1S/C20H16N.C14H16NSi.Ir/c1-20(2)17-11-7-6-10-15(17)16-13-21-19(12-18(16)20)14-8-4-3-5-9-14;1-16(2,3)13-9-10-14(15-11-13)12-7-5-4-6-8-12;/h3-8,10-13H,1-2H3;4-7,9-11H,1-3H3;/q2*-1;. The summed E-state index contributed by atoms with van der Waals surface area (Å²) < 4.78 is 0. The molecule has 2 heterocycles. The number of hydrogen-bond donors (Lipinski definition) is 0. The molecule has 2 nitrogen and oxygen atoms in total. The first-order valence-electron chi connectivity index (χ1n) is 12.8. The molecule has 2 aromatic heterocycles. The van der Waals surface area contributed by atoms with Gasteiger partial charge in [0.15, 0.2) is 0 Å². The van der Waals surface area contributed by atoms with Gasteiger partial charge in [0.25, 0.3) is 0 Å². The molecule has 0 saturated heterocycles. The summed E-state index contributed by atoms with van der Waals surface area (Å²) in [4.78, 5) is 9.17. The average molecular weight is 689 g/mol. The van der Waals surface area contributed by atoms with Gasteiger partial charge in [0.2, 0.25) is 0 Å². The molecule has 0 aliphatic heterocycles. The third-order valence-corrected chi connectivity index (χ3v) is 9.10. The van der Waals surface area contributed by atoms with Crippen LogP contribution in [0.1, 0.15) is 25.0 Å². The molecule has 0 unspecified atom stereocenters. The second kappa shape index (κ2) is 11.3. The zero-order chi connectivity index (χ0) is 26.0. The number of benzene rings is 3. The van der Waals surface area contributed by atoms with Crippen molar-refractivity contribution in [2.45, 2.75) is 38.9 Å². The van der Waals surface area contributed by atoms with E-state index >= 15 is 0 Å². The number of nitrogens with zero attached hydrogens (tertiary/aromatic N) is 2. The van der Waals surface area contributed by atoms with E-state index in [4.69, 9.17) is 0 Å². The van der Waals surface area contributed by atoms with Crippen molar-refractivity contribution in [3.05, 3.63) is 127 Å². The fourth-order valence-electron chi connectivity index (χ4n) is 4.84. The number of hydrogen-bond acceptors (Lipinski definition) is 2. The predicted molar refractivity (Wildman–Crippen MR) is 158 cm³/mol. The maximum absolute atomic E-state index is 4.65. The molecule has 0 N–H and O–H groups in total. The zero-order valence-electron chi connectivity index (χ0n) is 22.5. The van der Waals surface area contributed by atoms with E-state index in [2.05, 4.69) is 104 Å². The van der Waals surface area contributed by atoms with E-state index in [-0.39, 0.29) is 25.5 Å². The topological polar surface area (TPSA) is 25.8 Å². The van der Waals surface area contributed by atoms with Gasteiger partial charge < -0.3 is 9.97 Å². The molecule has 0 amide bonds. The summed E-state index contributed by atoms with van der Waals surface area (Å²) in [7, 11) is -1.23. The Balaban J connectivity index is 0.000000179. The quantitative estimate of drug-likeness (QED) is 0.142. The van der Waals surface area contributed by atoms with E-state index < -0.39 is 8.07 Å². The first kappa shape index (κ1) is 27.9. The van der Waals surface area contributed by atoms with Gasteiger partial charge in [-0.15, -0.1) is 71.8 Å². The van der Waals surface area contributed by atoms with Gasteiger partial charge in [0.05, 0.1) is 8.07 Å². The maximum atomic E-state index is 4.65. The molecule has 5 aromatic rings. The molecular weight excluding hydrogens is 657 g/mol. The van der Waals surface area contributed by atoms with Crippen molar-refractivity contribution < 1.29 is 20.1 Å². The normalized spacial score (nSPS) is 12.9. The Morgan fingerprint density at radius 1 is 0.632 bits per heavy atom. The molecule has 0 spiro atoms. The molecule has 38 heavy (non-hydrogen) atoms. The van der Waals surface area contributed by atoms with Crippen LogP contribution in [0.5, 0.6) is 0 Å². The molecule has 0 atom stereocenters. The molecule has 0 saturated carbocycles. The third-order valence-electron chi connectivity index (χ3n) is 7.07. The van der Waals surface area contributed by atoms with Crippen LogP contribution >= 0.6 is 0 Å². The van der Waals surface area contributed by atoms with Crippen molar-refractivity contribution >= 4 is 13.3 Å². The van der Waals surface area contributed by atoms with Crippen LogP contribution in [0.4, 0.5) is 0 Å². The van der Waals surface area contributed by atoms with Crippen LogP contribution in [0, 0.1) is 12.1 Å². The number of fused-ring (bicyclic) bond motifs is 3. The van der Waals surface area contributed by atoms with Crippen LogP contribution in [-0.4, -0.2) is 18.0 Å². The van der Waals surface area contributed by atoms with Crippen LogP contribution in [0.15, 0.2) is 103 Å². The van der Waals surface area contributed by atoms with Crippen molar-refractivity contribution in [3.63, 3.8) is 0 Å². The van der Waals surface area contributed by atoms with Crippen LogP contribution < -0.4 is 5.19 Å². The Hall–Kier alpha value is -3.17. The molecule has 6 rings (SSSR count). The molecule has 0 bridgehead atoms. The van der Waals surface area contributed by atoms with Gasteiger partial charge >= 0.3 is 0 Å². The summed E-state index contributed by atoms with van der Waals surface area (Å²) in [6.45, 7) is 11.6. The largest absolute Gasteiger partial charge is 0.305 e. The summed E-state index contributed by atoms with van der Waals surface area (Å²) in [5.74, 6) is 0. The van der Waals surface area contributed by atoms with Gasteiger partial charge in [-0.05, 0) is 33.3 Å². The summed E-state index contributed by atoms with van der Waals surface area (Å²) in [5, 5.41) is 1.40. The van der Waals surface area contributed by atoms with Crippen LogP contribution in [0.3, 0.4) is 0 Å². The fraction of sp³-hybridized carbons (Fsp3) is 0.176. The Labute approximate surface area is 241 Å². The van der Waals surface area contributed by atoms with Crippen LogP contribution in [0.25, 0.3) is 33.6 Å². The average Bonchev–Trinajstić information content (AvgIpc) is 3.16. The smallest absolute Gasteiger partial charge is 0.0795 e. The molecule has 193 valence electrons. The minimum Gasteiger partial charge on any atom is -0.305 e. The van der Waals surface area contributed by atoms with Crippen LogP contribution in [0.2, 0.25) is 19.6 Å². The minimum absolute atomic E-state index is 0. The first-order valence-corrected chi connectivity index (χ1v) is 16.3. The Kier molecular flexibility index (Phi) is 8.27. The summed E-state index contributed by atoms with van der Waals surface area (Å²) in [6, 6.07) is 37.6. The minimum atomic E-state index is -1.23. The molecule has 0 fully saturated rings. The SMILES string of the molecule is CC1(C)c2ccccc2-c2cnc(-c3[c-]cccc3)cc21.C[Si](C)(C)c1ccc(-c2[c-]cccc2)nc1.[Ir]. The van der Waals surface area contributed by atoms with Crippen molar-refractivity contribution in [3.8, 4) is 33.6 Å². The van der Waals surface area contributed by atoms with Gasteiger partial charge in [-0.25, -0.2) is 0 Å². The fourth-order valence-corrected chi connectivity index (χ4v) is 5.88. The zero-order valence-corrected chi connectivity index (χ0v) is 25.9. The second-order valence-electron chi connectivity index (χ2n) is 11.0.